The van der Waals surface area contributed by atoms with Crippen LogP contribution in [0.2, 0.25) is 5.02 Å². The molecule has 126 valence electrons. The lowest BCUT2D eigenvalue weighted by molar-refractivity contribution is 0.204. The number of rotatable bonds is 8. The molecular formula is C14H24ClIN4O2. The summed E-state index contributed by atoms with van der Waals surface area (Å²) in [4.78, 5) is 8.40. The van der Waals surface area contributed by atoms with Crippen LogP contribution in [0.4, 0.5) is 0 Å². The molecule has 0 radical (unpaired) electrons. The summed E-state index contributed by atoms with van der Waals surface area (Å²) in [6.45, 7) is 6.31. The van der Waals surface area contributed by atoms with E-state index in [-0.39, 0.29) is 24.0 Å². The lowest BCUT2D eigenvalue weighted by atomic mass is 10.2. The smallest absolute Gasteiger partial charge is 0.232 e. The van der Waals surface area contributed by atoms with Crippen LogP contribution in [0.1, 0.15) is 19.4 Å². The summed E-state index contributed by atoms with van der Waals surface area (Å²) in [7, 11) is 1.63. The lowest BCUT2D eigenvalue weighted by Gasteiger charge is -2.10. The molecule has 0 atom stereocenters. The highest BCUT2D eigenvalue weighted by Gasteiger charge is 2.06. The fourth-order valence-corrected chi connectivity index (χ4v) is 1.66. The third kappa shape index (κ3) is 8.60. The van der Waals surface area contributed by atoms with Gasteiger partial charge in [0.05, 0.1) is 19.8 Å². The van der Waals surface area contributed by atoms with Gasteiger partial charge in [-0.05, 0) is 17.5 Å². The van der Waals surface area contributed by atoms with Gasteiger partial charge in [-0.25, -0.2) is 9.98 Å². The molecule has 0 spiro atoms. The van der Waals surface area contributed by atoms with Crippen LogP contribution in [-0.2, 0) is 11.3 Å². The molecule has 0 aliphatic heterocycles. The van der Waals surface area contributed by atoms with E-state index >= 15 is 0 Å². The van der Waals surface area contributed by atoms with Crippen molar-refractivity contribution < 1.29 is 9.47 Å². The van der Waals surface area contributed by atoms with E-state index in [1.54, 1.807) is 19.4 Å². The molecule has 8 heteroatoms. The standard InChI is InChI=1S/C14H23ClN4O2.HI/c1-10(2)9-21-13-12(15)6-11(7-18-13)8-19-14(16)17-4-5-20-3;/h6-7,10H,4-5,8-9H2,1-3H3,(H3,16,17,19);1H. The third-order valence-electron chi connectivity index (χ3n) is 2.46. The average Bonchev–Trinajstić information content (AvgIpc) is 2.44. The molecule has 0 amide bonds. The van der Waals surface area contributed by atoms with Crippen LogP contribution in [-0.4, -0.2) is 37.8 Å². The van der Waals surface area contributed by atoms with Gasteiger partial charge in [-0.2, -0.15) is 0 Å². The predicted octanol–water partition coefficient (Wildman–Crippen LogP) is 2.44. The van der Waals surface area contributed by atoms with E-state index in [1.807, 2.05) is 0 Å². The predicted molar refractivity (Wildman–Crippen MR) is 100 cm³/mol. The summed E-state index contributed by atoms with van der Waals surface area (Å²) >= 11 is 6.13. The molecule has 1 aromatic rings. The van der Waals surface area contributed by atoms with Crippen molar-refractivity contribution >= 4 is 41.5 Å². The third-order valence-corrected chi connectivity index (χ3v) is 2.73. The Morgan fingerprint density at radius 1 is 1.50 bits per heavy atom. The average molecular weight is 443 g/mol. The molecule has 1 heterocycles. The molecule has 0 aromatic carbocycles. The van der Waals surface area contributed by atoms with Crippen LogP contribution in [0.15, 0.2) is 17.3 Å². The minimum atomic E-state index is 0. The Kier molecular flexibility index (Phi) is 11.3. The molecule has 1 rings (SSSR count). The van der Waals surface area contributed by atoms with Gasteiger partial charge in [0.25, 0.3) is 0 Å². The maximum Gasteiger partial charge on any atom is 0.232 e. The summed E-state index contributed by atoms with van der Waals surface area (Å²) in [5.74, 6) is 1.23. The summed E-state index contributed by atoms with van der Waals surface area (Å²) < 4.78 is 10.4. The van der Waals surface area contributed by atoms with E-state index in [4.69, 9.17) is 26.8 Å². The highest BCUT2D eigenvalue weighted by Crippen LogP contribution is 2.23. The number of hydrogen-bond acceptors (Lipinski definition) is 4. The summed E-state index contributed by atoms with van der Waals surface area (Å²) in [5.41, 5.74) is 6.59. The molecule has 0 saturated carbocycles. The maximum atomic E-state index is 6.13. The summed E-state index contributed by atoms with van der Waals surface area (Å²) in [5, 5.41) is 3.42. The molecule has 0 aliphatic rings. The van der Waals surface area contributed by atoms with Crippen molar-refractivity contribution in [3.8, 4) is 5.88 Å². The second kappa shape index (κ2) is 11.7. The number of nitrogens with zero attached hydrogens (tertiary/aromatic N) is 2. The molecule has 0 aliphatic carbocycles. The van der Waals surface area contributed by atoms with Gasteiger partial charge in [0, 0.05) is 19.9 Å². The van der Waals surface area contributed by atoms with Crippen molar-refractivity contribution in [2.24, 2.45) is 16.6 Å². The minimum Gasteiger partial charge on any atom is -0.476 e. The molecule has 6 nitrogen and oxygen atoms in total. The van der Waals surface area contributed by atoms with E-state index in [0.29, 0.717) is 49.1 Å². The van der Waals surface area contributed by atoms with Crippen molar-refractivity contribution in [2.75, 3.05) is 26.9 Å². The van der Waals surface area contributed by atoms with Gasteiger partial charge in [0.1, 0.15) is 5.02 Å². The SMILES string of the molecule is COCCNC(N)=NCc1cnc(OCC(C)C)c(Cl)c1.I. The molecule has 0 saturated heterocycles. The van der Waals surface area contributed by atoms with E-state index in [1.165, 1.54) is 0 Å². The zero-order chi connectivity index (χ0) is 15.7. The Hall–Kier alpha value is -0.800. The highest BCUT2D eigenvalue weighted by molar-refractivity contribution is 14.0. The van der Waals surface area contributed by atoms with Gasteiger partial charge >= 0.3 is 0 Å². The van der Waals surface area contributed by atoms with Gasteiger partial charge in [-0.15, -0.1) is 24.0 Å². The quantitative estimate of drug-likeness (QED) is 0.280. The zero-order valence-electron chi connectivity index (χ0n) is 13.1. The zero-order valence-corrected chi connectivity index (χ0v) is 16.2. The Labute approximate surface area is 153 Å². The Morgan fingerprint density at radius 2 is 2.23 bits per heavy atom. The van der Waals surface area contributed by atoms with E-state index in [9.17, 15) is 0 Å². The first-order chi connectivity index (χ1) is 10.0. The van der Waals surface area contributed by atoms with Gasteiger partial charge in [-0.1, -0.05) is 25.4 Å². The van der Waals surface area contributed by atoms with Crippen molar-refractivity contribution in [3.63, 3.8) is 0 Å². The monoisotopic (exact) mass is 442 g/mol. The second-order valence-corrected chi connectivity index (χ2v) is 5.36. The maximum absolute atomic E-state index is 6.13. The van der Waals surface area contributed by atoms with E-state index in [0.717, 1.165) is 5.56 Å². The van der Waals surface area contributed by atoms with Gasteiger partial charge < -0.3 is 20.5 Å². The molecule has 22 heavy (non-hydrogen) atoms. The Balaban J connectivity index is 0.00000441. The van der Waals surface area contributed by atoms with E-state index < -0.39 is 0 Å². The minimum absolute atomic E-state index is 0. The van der Waals surface area contributed by atoms with Crippen molar-refractivity contribution in [3.05, 3.63) is 22.8 Å². The molecule has 3 N–H and O–H groups in total. The number of guanidine groups is 1. The van der Waals surface area contributed by atoms with Crippen LogP contribution in [0.25, 0.3) is 0 Å². The Morgan fingerprint density at radius 3 is 2.82 bits per heavy atom. The normalized spacial score (nSPS) is 11.2. The Bertz CT molecular complexity index is 472. The largest absolute Gasteiger partial charge is 0.476 e. The number of nitrogens with two attached hydrogens (primary N) is 1. The van der Waals surface area contributed by atoms with Gasteiger partial charge in [0.2, 0.25) is 5.88 Å². The highest BCUT2D eigenvalue weighted by atomic mass is 127. The van der Waals surface area contributed by atoms with Crippen LogP contribution < -0.4 is 15.8 Å². The first-order valence-electron chi connectivity index (χ1n) is 6.83. The van der Waals surface area contributed by atoms with Crippen LogP contribution in [0.3, 0.4) is 0 Å². The number of hydrogen-bond donors (Lipinski definition) is 2. The van der Waals surface area contributed by atoms with Gasteiger partial charge in [-0.3, -0.25) is 0 Å². The molecule has 0 unspecified atom stereocenters. The molecule has 0 bridgehead atoms. The van der Waals surface area contributed by atoms with Crippen molar-refractivity contribution in [2.45, 2.75) is 20.4 Å². The molecule has 0 fully saturated rings. The molecule has 1 aromatic heterocycles. The fraction of sp³-hybridized carbons (Fsp3) is 0.571. The van der Waals surface area contributed by atoms with Crippen LogP contribution >= 0.6 is 35.6 Å². The second-order valence-electron chi connectivity index (χ2n) is 4.96. The van der Waals surface area contributed by atoms with Crippen molar-refractivity contribution in [1.82, 2.24) is 10.3 Å². The van der Waals surface area contributed by atoms with Crippen LogP contribution in [0, 0.1) is 5.92 Å². The molecular weight excluding hydrogens is 419 g/mol. The number of aliphatic imine (C=N–C) groups is 1. The van der Waals surface area contributed by atoms with E-state index in [2.05, 4.69) is 29.1 Å². The fourth-order valence-electron chi connectivity index (χ4n) is 1.42. The topological polar surface area (TPSA) is 81.8 Å². The number of halogens is 2. The van der Waals surface area contributed by atoms with Crippen LogP contribution in [0.5, 0.6) is 5.88 Å². The number of pyridine rings is 1. The number of nitrogens with one attached hydrogen (secondary N) is 1. The number of ether oxygens (including phenoxy) is 2. The van der Waals surface area contributed by atoms with Crippen molar-refractivity contribution in [1.29, 1.82) is 0 Å². The first-order valence-corrected chi connectivity index (χ1v) is 7.20. The first kappa shape index (κ1) is 21.2. The lowest BCUT2D eigenvalue weighted by Crippen LogP contribution is -2.34. The van der Waals surface area contributed by atoms with Gasteiger partial charge in [0.15, 0.2) is 5.96 Å². The summed E-state index contributed by atoms with van der Waals surface area (Å²) in [6.07, 6.45) is 1.69. The summed E-state index contributed by atoms with van der Waals surface area (Å²) in [6, 6.07) is 1.79. The number of aromatic nitrogens is 1. The number of methoxy groups -OCH3 is 1.